The van der Waals surface area contributed by atoms with E-state index in [1.807, 2.05) is 12.1 Å². The van der Waals surface area contributed by atoms with Gasteiger partial charge in [0, 0.05) is 4.88 Å². The molecule has 2 aromatic heterocycles. The Hall–Kier alpha value is -0.720. The lowest BCUT2D eigenvalue weighted by molar-refractivity contribution is -0.138. The molecule has 3 rings (SSSR count). The summed E-state index contributed by atoms with van der Waals surface area (Å²) in [7, 11) is 0. The first-order valence-electron chi connectivity index (χ1n) is 5.13. The number of halogens is 1. The second kappa shape index (κ2) is 4.19. The molecular weight excluding hydrogens is 322 g/mol. The van der Waals surface area contributed by atoms with Gasteiger partial charge >= 0.3 is 5.97 Å². The normalized spacial score (nSPS) is 18.3. The zero-order valence-corrected chi connectivity index (χ0v) is 11.9. The van der Waals surface area contributed by atoms with E-state index in [1.54, 1.807) is 22.7 Å². The van der Waals surface area contributed by atoms with Gasteiger partial charge in [-0.25, -0.2) is 4.98 Å². The van der Waals surface area contributed by atoms with Crippen molar-refractivity contribution in [2.45, 2.75) is 18.8 Å². The lowest BCUT2D eigenvalue weighted by Crippen LogP contribution is -2.08. The average Bonchev–Trinajstić information content (AvgIpc) is 2.89. The molecule has 1 N–H and O–H groups in total. The average molecular weight is 330 g/mol. The number of nitrogens with zero attached hydrogens (tertiary/aromatic N) is 1. The summed E-state index contributed by atoms with van der Waals surface area (Å²) in [5.41, 5.74) is 0.780. The highest BCUT2D eigenvalue weighted by molar-refractivity contribution is 9.11. The van der Waals surface area contributed by atoms with Gasteiger partial charge in [0.1, 0.15) is 10.9 Å². The van der Waals surface area contributed by atoms with Gasteiger partial charge in [0.05, 0.1) is 14.4 Å². The van der Waals surface area contributed by atoms with Crippen molar-refractivity contribution in [1.82, 2.24) is 4.98 Å². The van der Waals surface area contributed by atoms with Crippen molar-refractivity contribution >= 4 is 44.6 Å². The van der Waals surface area contributed by atoms with Crippen molar-refractivity contribution in [2.75, 3.05) is 0 Å². The van der Waals surface area contributed by atoms with E-state index in [-0.39, 0.29) is 0 Å². The number of hydrogen-bond donors (Lipinski definition) is 1. The molecule has 2 aromatic rings. The molecule has 1 aliphatic carbocycles. The standard InChI is InChI=1S/C11H8BrNO2S2/c12-8-4-3-7(16-8)10-13-9-5(11(14)15)1-2-6(9)17-10/h3-5H,1-2H2,(H,14,15). The zero-order chi connectivity index (χ0) is 12.0. The molecule has 1 aliphatic rings. The fraction of sp³-hybridized carbons (Fsp3) is 0.273. The van der Waals surface area contributed by atoms with Crippen LogP contribution in [0.1, 0.15) is 22.9 Å². The van der Waals surface area contributed by atoms with Gasteiger partial charge in [0.2, 0.25) is 0 Å². The SMILES string of the molecule is O=C(O)C1CCc2sc(-c3ccc(Br)s3)nc21. The molecular formula is C11H8BrNO2S2. The number of carbonyl (C=O) groups is 1. The van der Waals surface area contributed by atoms with Crippen LogP contribution in [0.25, 0.3) is 9.88 Å². The summed E-state index contributed by atoms with van der Waals surface area (Å²) in [5, 5.41) is 10.0. The summed E-state index contributed by atoms with van der Waals surface area (Å²) in [6, 6.07) is 4.00. The minimum absolute atomic E-state index is 0.404. The highest BCUT2D eigenvalue weighted by Crippen LogP contribution is 2.41. The van der Waals surface area contributed by atoms with Gasteiger partial charge in [0.25, 0.3) is 0 Å². The van der Waals surface area contributed by atoms with Crippen LogP contribution >= 0.6 is 38.6 Å². The summed E-state index contributed by atoms with van der Waals surface area (Å²) in [5.74, 6) is -1.16. The number of aromatic nitrogens is 1. The van der Waals surface area contributed by atoms with E-state index in [9.17, 15) is 4.79 Å². The van der Waals surface area contributed by atoms with Gasteiger partial charge in [-0.05, 0) is 40.9 Å². The summed E-state index contributed by atoms with van der Waals surface area (Å²) in [6.07, 6.45) is 1.54. The van der Waals surface area contributed by atoms with Crippen molar-refractivity contribution in [1.29, 1.82) is 0 Å². The zero-order valence-electron chi connectivity index (χ0n) is 8.64. The summed E-state index contributed by atoms with van der Waals surface area (Å²) < 4.78 is 1.07. The van der Waals surface area contributed by atoms with Crippen LogP contribution in [0.3, 0.4) is 0 Å². The molecule has 88 valence electrons. The number of hydrogen-bond acceptors (Lipinski definition) is 4. The molecule has 0 amide bonds. The Morgan fingerprint density at radius 2 is 2.29 bits per heavy atom. The summed E-state index contributed by atoms with van der Waals surface area (Å²) >= 11 is 6.67. The summed E-state index contributed by atoms with van der Waals surface area (Å²) in [4.78, 5) is 17.8. The van der Waals surface area contributed by atoms with Gasteiger partial charge in [-0.2, -0.15) is 0 Å². The van der Waals surface area contributed by atoms with Crippen LogP contribution < -0.4 is 0 Å². The van der Waals surface area contributed by atoms with Gasteiger partial charge in [0.15, 0.2) is 0 Å². The highest BCUT2D eigenvalue weighted by atomic mass is 79.9. The first kappa shape index (κ1) is 11.4. The lowest BCUT2D eigenvalue weighted by atomic mass is 10.1. The van der Waals surface area contributed by atoms with Gasteiger partial charge < -0.3 is 5.11 Å². The number of thiazole rings is 1. The van der Waals surface area contributed by atoms with E-state index < -0.39 is 11.9 Å². The van der Waals surface area contributed by atoms with Crippen LogP contribution in [0, 0.1) is 0 Å². The second-order valence-electron chi connectivity index (χ2n) is 3.86. The Kier molecular flexibility index (Phi) is 2.80. The van der Waals surface area contributed by atoms with Gasteiger partial charge in [-0.3, -0.25) is 4.79 Å². The minimum atomic E-state index is -0.757. The van der Waals surface area contributed by atoms with E-state index in [4.69, 9.17) is 5.11 Å². The van der Waals surface area contributed by atoms with Crippen LogP contribution in [-0.2, 0) is 11.2 Å². The maximum atomic E-state index is 11.1. The van der Waals surface area contributed by atoms with Crippen molar-refractivity contribution in [2.24, 2.45) is 0 Å². The molecule has 1 atom stereocenters. The van der Waals surface area contributed by atoms with Crippen LogP contribution in [0.2, 0.25) is 0 Å². The van der Waals surface area contributed by atoms with E-state index in [0.29, 0.717) is 6.42 Å². The van der Waals surface area contributed by atoms with Crippen LogP contribution in [0.15, 0.2) is 15.9 Å². The predicted molar refractivity (Wildman–Crippen MR) is 71.8 cm³/mol. The maximum Gasteiger partial charge on any atom is 0.312 e. The van der Waals surface area contributed by atoms with E-state index >= 15 is 0 Å². The van der Waals surface area contributed by atoms with Crippen molar-refractivity contribution < 1.29 is 9.90 Å². The number of fused-ring (bicyclic) bond motifs is 1. The fourth-order valence-electron chi connectivity index (χ4n) is 2.00. The quantitative estimate of drug-likeness (QED) is 0.912. The number of aryl methyl sites for hydroxylation is 1. The largest absolute Gasteiger partial charge is 0.481 e. The molecule has 0 saturated heterocycles. The van der Waals surface area contributed by atoms with Crippen molar-refractivity contribution in [3.05, 3.63) is 26.5 Å². The topological polar surface area (TPSA) is 50.2 Å². The smallest absolute Gasteiger partial charge is 0.312 e. The molecule has 0 fully saturated rings. The third-order valence-corrected chi connectivity index (χ3v) is 5.72. The molecule has 17 heavy (non-hydrogen) atoms. The van der Waals surface area contributed by atoms with E-state index in [0.717, 1.165) is 30.7 Å². The predicted octanol–water partition coefficient (Wildman–Crippen LogP) is 3.75. The molecule has 0 radical (unpaired) electrons. The van der Waals surface area contributed by atoms with E-state index in [2.05, 4.69) is 20.9 Å². The lowest BCUT2D eigenvalue weighted by Gasteiger charge is -2.00. The molecule has 0 aromatic carbocycles. The van der Waals surface area contributed by atoms with Crippen molar-refractivity contribution in [3.8, 4) is 9.88 Å². The Bertz CT molecular complexity index is 590. The minimum Gasteiger partial charge on any atom is -0.481 e. The van der Waals surface area contributed by atoms with E-state index in [1.165, 1.54) is 0 Å². The number of aliphatic carboxylic acids is 1. The highest BCUT2D eigenvalue weighted by Gasteiger charge is 2.32. The molecule has 3 nitrogen and oxygen atoms in total. The molecule has 0 bridgehead atoms. The summed E-state index contributed by atoms with van der Waals surface area (Å²) in [6.45, 7) is 0. The molecule has 2 heterocycles. The van der Waals surface area contributed by atoms with Gasteiger partial charge in [-0.15, -0.1) is 22.7 Å². The Balaban J connectivity index is 2.01. The van der Waals surface area contributed by atoms with Crippen LogP contribution in [-0.4, -0.2) is 16.1 Å². The maximum absolute atomic E-state index is 11.1. The van der Waals surface area contributed by atoms with Gasteiger partial charge in [-0.1, -0.05) is 0 Å². The Morgan fingerprint density at radius 1 is 1.47 bits per heavy atom. The Morgan fingerprint density at radius 3 is 2.94 bits per heavy atom. The monoisotopic (exact) mass is 329 g/mol. The molecule has 1 unspecified atom stereocenters. The number of rotatable bonds is 2. The van der Waals surface area contributed by atoms with Crippen LogP contribution in [0.5, 0.6) is 0 Å². The Labute approximate surface area is 114 Å². The first-order valence-corrected chi connectivity index (χ1v) is 7.56. The third-order valence-electron chi connectivity index (χ3n) is 2.80. The van der Waals surface area contributed by atoms with Crippen LogP contribution in [0.4, 0.5) is 0 Å². The second-order valence-corrected chi connectivity index (χ2v) is 7.41. The molecule has 0 saturated carbocycles. The number of carboxylic acids is 1. The third kappa shape index (κ3) is 1.94. The molecule has 6 heteroatoms. The molecule has 0 spiro atoms. The fourth-order valence-corrected chi connectivity index (χ4v) is 4.58. The molecule has 0 aliphatic heterocycles. The number of carboxylic acid groups (broad SMARTS) is 1. The first-order chi connectivity index (χ1) is 8.15. The number of thiophene rings is 1. The van der Waals surface area contributed by atoms with Crippen molar-refractivity contribution in [3.63, 3.8) is 0 Å².